The molecule has 2 aliphatic rings. The van der Waals surface area contributed by atoms with Gasteiger partial charge in [0.05, 0.1) is 28.9 Å². The molecule has 2 fully saturated rings. The van der Waals surface area contributed by atoms with E-state index in [1.54, 1.807) is 27.1 Å². The summed E-state index contributed by atoms with van der Waals surface area (Å²) in [6.07, 6.45) is 10.1. The molecule has 0 saturated heterocycles. The van der Waals surface area contributed by atoms with Gasteiger partial charge in [0.2, 0.25) is 20.8 Å². The molecule has 1 aromatic carbocycles. The summed E-state index contributed by atoms with van der Waals surface area (Å²) in [4.78, 5) is 8.98. The van der Waals surface area contributed by atoms with Gasteiger partial charge in [0.25, 0.3) is 0 Å². The van der Waals surface area contributed by atoms with E-state index in [0.29, 0.717) is 29.6 Å². The zero-order chi connectivity index (χ0) is 30.2. The smallest absolute Gasteiger partial charge is 0.229 e. The first-order valence-electron chi connectivity index (χ1n) is 14.8. The first-order chi connectivity index (χ1) is 19.9. The molecule has 2 aromatic heterocycles. The highest BCUT2D eigenvalue weighted by molar-refractivity contribution is 7.92. The van der Waals surface area contributed by atoms with E-state index in [1.807, 2.05) is 0 Å². The lowest BCUT2D eigenvalue weighted by Crippen LogP contribution is -2.37. The number of aromatic nitrogens is 4. The molecule has 2 heterocycles. The van der Waals surface area contributed by atoms with E-state index in [9.17, 15) is 8.42 Å². The Kier molecular flexibility index (Phi) is 9.01. The summed E-state index contributed by atoms with van der Waals surface area (Å²) in [5.74, 6) is 1.88. The van der Waals surface area contributed by atoms with Crippen molar-refractivity contribution in [3.8, 4) is 5.75 Å². The zero-order valence-corrected chi connectivity index (χ0v) is 26.8. The second-order valence-corrected chi connectivity index (χ2v) is 15.0. The van der Waals surface area contributed by atoms with Crippen molar-refractivity contribution >= 4 is 44.6 Å². The summed E-state index contributed by atoms with van der Waals surface area (Å²) >= 11 is 6.44. The number of benzene rings is 1. The molecule has 0 spiro atoms. The highest BCUT2D eigenvalue weighted by Crippen LogP contribution is 2.41. The molecule has 0 bridgehead atoms. The summed E-state index contributed by atoms with van der Waals surface area (Å²) in [5.41, 5.74) is 3.63. The molecule has 2 saturated carbocycles. The molecule has 0 aliphatic heterocycles. The van der Waals surface area contributed by atoms with Gasteiger partial charge in [0.1, 0.15) is 10.8 Å². The number of ether oxygens (including phenoxy) is 1. The third-order valence-electron chi connectivity index (χ3n) is 7.85. The normalized spacial score (nSPS) is 19.4. The van der Waals surface area contributed by atoms with Crippen molar-refractivity contribution in [2.45, 2.75) is 108 Å². The van der Waals surface area contributed by atoms with Crippen molar-refractivity contribution in [1.29, 1.82) is 0 Å². The van der Waals surface area contributed by atoms with Crippen molar-refractivity contribution in [3.63, 3.8) is 0 Å². The molecular formula is C30H42ClN7O3S. The van der Waals surface area contributed by atoms with Crippen LogP contribution in [0.2, 0.25) is 5.02 Å². The molecule has 3 N–H and O–H groups in total. The van der Waals surface area contributed by atoms with Gasteiger partial charge in [0, 0.05) is 25.3 Å². The van der Waals surface area contributed by atoms with Crippen molar-refractivity contribution in [2.75, 3.05) is 10.6 Å². The maximum Gasteiger partial charge on any atom is 0.229 e. The van der Waals surface area contributed by atoms with Crippen LogP contribution < -0.4 is 20.7 Å². The van der Waals surface area contributed by atoms with Gasteiger partial charge in [-0.2, -0.15) is 10.1 Å². The Morgan fingerprint density at radius 3 is 2.38 bits per heavy atom. The Hall–Kier alpha value is -2.89. The number of sulfone groups is 1. The number of anilines is 4. The van der Waals surface area contributed by atoms with Crippen LogP contribution in [0.3, 0.4) is 0 Å². The molecule has 10 nitrogen and oxygen atoms in total. The second-order valence-electron chi connectivity index (χ2n) is 12.1. The molecule has 0 unspecified atom stereocenters. The number of halogens is 1. The van der Waals surface area contributed by atoms with E-state index in [1.165, 1.54) is 34.8 Å². The lowest BCUT2D eigenvalue weighted by atomic mass is 9.80. The Labute approximate surface area is 253 Å². The number of hydrogen-bond donors (Lipinski definition) is 3. The predicted octanol–water partition coefficient (Wildman–Crippen LogP) is 6.41. The molecule has 0 amide bonds. The van der Waals surface area contributed by atoms with Crippen molar-refractivity contribution in [1.82, 2.24) is 25.1 Å². The minimum atomic E-state index is -3.63. The lowest BCUT2D eigenvalue weighted by Gasteiger charge is -2.32. The van der Waals surface area contributed by atoms with Crippen LogP contribution >= 0.6 is 11.6 Å². The first-order valence-corrected chi connectivity index (χ1v) is 16.7. The molecule has 42 heavy (non-hydrogen) atoms. The molecule has 0 atom stereocenters. The number of nitrogens with one attached hydrogen (secondary N) is 3. The lowest BCUT2D eigenvalue weighted by molar-refractivity contribution is 0.302. The van der Waals surface area contributed by atoms with Gasteiger partial charge in [-0.25, -0.2) is 13.4 Å². The van der Waals surface area contributed by atoms with E-state index in [4.69, 9.17) is 16.3 Å². The minimum absolute atomic E-state index is 0.0514. The summed E-state index contributed by atoms with van der Waals surface area (Å²) in [5, 5.41) is 13.8. The Morgan fingerprint density at radius 1 is 1.02 bits per heavy atom. The van der Waals surface area contributed by atoms with Crippen LogP contribution in [0.15, 0.2) is 29.6 Å². The average molecular weight is 616 g/mol. The van der Waals surface area contributed by atoms with Gasteiger partial charge < -0.3 is 20.7 Å². The molecule has 12 heteroatoms. The van der Waals surface area contributed by atoms with Crippen LogP contribution in [0.5, 0.6) is 5.75 Å². The summed E-state index contributed by atoms with van der Waals surface area (Å²) in [6, 6.07) is 5.40. The SMILES string of the molecule is Cc1cc(Nc2ncc(Cl)c(Nc3cn(C)nc3S(=O)(=O)C(C)C)n2)c(OC2CC2)cc1C1CCC(NC(C)C)CC1. The Morgan fingerprint density at radius 2 is 1.74 bits per heavy atom. The Bertz CT molecular complexity index is 1530. The van der Waals surface area contributed by atoms with Crippen molar-refractivity contribution in [2.24, 2.45) is 7.05 Å². The molecule has 0 radical (unpaired) electrons. The zero-order valence-electron chi connectivity index (χ0n) is 25.2. The summed E-state index contributed by atoms with van der Waals surface area (Å²) < 4.78 is 33.6. The standard InChI is InChI=1S/C30H42ClN7O3S/c1-17(2)33-21-9-7-20(8-10-21)23-14-27(41-22-11-12-22)25(13-19(23)5)35-30-32-15-24(31)28(36-30)34-26-16-38(6)37-29(26)42(39,40)18(3)4/h13-18,20-22,33H,7-12H2,1-6H3,(H2,32,34,35,36). The van der Waals surface area contributed by atoms with Crippen LogP contribution in [0.1, 0.15) is 83.3 Å². The highest BCUT2D eigenvalue weighted by Gasteiger charge is 2.29. The maximum absolute atomic E-state index is 12.9. The van der Waals surface area contributed by atoms with Gasteiger partial charge in [-0.3, -0.25) is 4.68 Å². The second kappa shape index (κ2) is 12.4. The fourth-order valence-electron chi connectivity index (χ4n) is 5.50. The van der Waals surface area contributed by atoms with Crippen LogP contribution in [-0.4, -0.2) is 51.6 Å². The van der Waals surface area contributed by atoms with Gasteiger partial charge in [-0.05, 0) is 88.5 Å². The van der Waals surface area contributed by atoms with Gasteiger partial charge in [0.15, 0.2) is 5.82 Å². The number of aryl methyl sites for hydroxylation is 2. The van der Waals surface area contributed by atoms with E-state index in [2.05, 4.69) is 63.9 Å². The highest BCUT2D eigenvalue weighted by atomic mass is 35.5. The van der Waals surface area contributed by atoms with Crippen LogP contribution in [-0.2, 0) is 16.9 Å². The number of nitrogens with zero attached hydrogens (tertiary/aromatic N) is 4. The monoisotopic (exact) mass is 615 g/mol. The first kappa shape index (κ1) is 30.6. The molecule has 3 aromatic rings. The fraction of sp³-hybridized carbons (Fsp3) is 0.567. The third-order valence-corrected chi connectivity index (χ3v) is 10.2. The number of rotatable bonds is 11. The fourth-order valence-corrected chi connectivity index (χ4v) is 6.73. The quantitative estimate of drug-likeness (QED) is 0.225. The predicted molar refractivity (Wildman–Crippen MR) is 167 cm³/mol. The van der Waals surface area contributed by atoms with Gasteiger partial charge in [-0.1, -0.05) is 25.4 Å². The van der Waals surface area contributed by atoms with Crippen LogP contribution in [0.25, 0.3) is 0 Å². The molecular weight excluding hydrogens is 574 g/mol. The number of hydrogen-bond acceptors (Lipinski definition) is 9. The Balaban J connectivity index is 1.39. The van der Waals surface area contributed by atoms with E-state index in [-0.39, 0.29) is 22.0 Å². The van der Waals surface area contributed by atoms with Gasteiger partial charge in [-0.15, -0.1) is 0 Å². The summed E-state index contributed by atoms with van der Waals surface area (Å²) in [7, 11) is -1.97. The third kappa shape index (κ3) is 7.01. The summed E-state index contributed by atoms with van der Waals surface area (Å²) in [6.45, 7) is 9.81. The largest absolute Gasteiger partial charge is 0.488 e. The van der Waals surface area contributed by atoms with Crippen molar-refractivity contribution in [3.05, 3.63) is 40.7 Å². The average Bonchev–Trinajstić information content (AvgIpc) is 3.66. The molecule has 228 valence electrons. The topological polar surface area (TPSA) is 123 Å². The minimum Gasteiger partial charge on any atom is -0.488 e. The van der Waals surface area contributed by atoms with E-state index >= 15 is 0 Å². The van der Waals surface area contributed by atoms with E-state index in [0.717, 1.165) is 37.1 Å². The van der Waals surface area contributed by atoms with Crippen LogP contribution in [0, 0.1) is 6.92 Å². The van der Waals surface area contributed by atoms with Crippen LogP contribution in [0.4, 0.5) is 23.1 Å². The molecule has 2 aliphatic carbocycles. The maximum atomic E-state index is 12.9. The van der Waals surface area contributed by atoms with E-state index < -0.39 is 15.1 Å². The molecule has 5 rings (SSSR count). The van der Waals surface area contributed by atoms with Gasteiger partial charge >= 0.3 is 0 Å². The van der Waals surface area contributed by atoms with Crippen molar-refractivity contribution < 1.29 is 13.2 Å².